The van der Waals surface area contributed by atoms with Crippen LogP contribution >= 0.6 is 0 Å². The highest BCUT2D eigenvalue weighted by atomic mass is 16.8. The van der Waals surface area contributed by atoms with Crippen molar-refractivity contribution in [3.63, 3.8) is 0 Å². The number of hydrogen-bond donors (Lipinski definition) is 0. The minimum absolute atomic E-state index is 0.141. The Morgan fingerprint density at radius 2 is 1.49 bits per heavy atom. The third-order valence-electron chi connectivity index (χ3n) is 4.73. The van der Waals surface area contributed by atoms with Gasteiger partial charge in [0, 0.05) is 12.6 Å². The van der Waals surface area contributed by atoms with Gasteiger partial charge in [-0.1, -0.05) is 5.92 Å². The van der Waals surface area contributed by atoms with E-state index in [1.54, 1.807) is 62.3 Å². The average molecular weight is 553 g/mol. The molecule has 1 aromatic rings. The van der Waals surface area contributed by atoms with Gasteiger partial charge in [0.2, 0.25) is 0 Å². The first-order valence-electron chi connectivity index (χ1n) is 12.2. The molecule has 1 saturated heterocycles. The van der Waals surface area contributed by atoms with Crippen LogP contribution in [0.25, 0.3) is 0 Å². The highest BCUT2D eigenvalue weighted by molar-refractivity contribution is 5.70. The van der Waals surface area contributed by atoms with E-state index in [1.165, 1.54) is 0 Å². The number of carbonyl (C=O) groups is 3. The first kappa shape index (κ1) is 31.4. The predicted molar refractivity (Wildman–Crippen MR) is 136 cm³/mol. The zero-order chi connectivity index (χ0) is 29.9. The molecule has 39 heavy (non-hydrogen) atoms. The van der Waals surface area contributed by atoms with E-state index < -0.39 is 71.5 Å². The van der Waals surface area contributed by atoms with Crippen molar-refractivity contribution in [1.82, 2.24) is 9.13 Å². The summed E-state index contributed by atoms with van der Waals surface area (Å²) in [5.41, 5.74) is -5.15. The fourth-order valence-corrected chi connectivity index (χ4v) is 3.32. The number of carbonyl (C=O) groups excluding carboxylic acids is 3. The summed E-state index contributed by atoms with van der Waals surface area (Å²) in [4.78, 5) is 63.2. The van der Waals surface area contributed by atoms with E-state index in [-0.39, 0.29) is 16.6 Å². The number of nitrogens with zero attached hydrogens (tertiary/aromatic N) is 2. The maximum atomic E-state index is 13.3. The van der Waals surface area contributed by atoms with Crippen molar-refractivity contribution in [2.45, 2.75) is 104 Å². The molecule has 0 spiro atoms. The van der Waals surface area contributed by atoms with Gasteiger partial charge in [-0.2, -0.15) is 4.57 Å². The normalized spacial score (nSPS) is 19.5. The lowest BCUT2D eigenvalue weighted by atomic mass is 10.2. The molecule has 0 amide bonds. The number of terminal acetylenes is 1. The molecule has 3 atom stereocenters. The molecule has 13 nitrogen and oxygen atoms in total. The van der Waals surface area contributed by atoms with Gasteiger partial charge in [-0.15, -0.1) is 6.42 Å². The zero-order valence-corrected chi connectivity index (χ0v) is 23.7. The molecule has 1 aromatic heterocycles. The summed E-state index contributed by atoms with van der Waals surface area (Å²) in [6.45, 7) is 14.2. The fraction of sp³-hybridized carbons (Fsp3) is 0.654. The van der Waals surface area contributed by atoms with Gasteiger partial charge in [-0.3, -0.25) is 9.36 Å². The topological polar surface area (TPSA) is 151 Å². The van der Waals surface area contributed by atoms with Crippen LogP contribution in [0.5, 0.6) is 0 Å². The average Bonchev–Trinajstić information content (AvgIpc) is 3.10. The summed E-state index contributed by atoms with van der Waals surface area (Å²) >= 11 is 0. The van der Waals surface area contributed by atoms with Crippen LogP contribution in [-0.4, -0.2) is 63.2 Å². The lowest BCUT2D eigenvalue weighted by molar-refractivity contribution is -0.0824. The second kappa shape index (κ2) is 11.5. The van der Waals surface area contributed by atoms with Gasteiger partial charge in [0.25, 0.3) is 5.56 Å². The van der Waals surface area contributed by atoms with Gasteiger partial charge >= 0.3 is 24.1 Å². The van der Waals surface area contributed by atoms with Crippen molar-refractivity contribution in [3.8, 4) is 12.3 Å². The quantitative estimate of drug-likeness (QED) is 0.307. The summed E-state index contributed by atoms with van der Waals surface area (Å²) in [7, 11) is 0. The molecule has 0 aromatic carbocycles. The van der Waals surface area contributed by atoms with Crippen LogP contribution in [0.15, 0.2) is 15.8 Å². The molecule has 216 valence electrons. The maximum Gasteiger partial charge on any atom is 0.509 e. The third-order valence-corrected chi connectivity index (χ3v) is 4.73. The molecule has 0 aliphatic carbocycles. The second-order valence-electron chi connectivity index (χ2n) is 11.8. The first-order valence-corrected chi connectivity index (χ1v) is 12.2. The van der Waals surface area contributed by atoms with Crippen molar-refractivity contribution in [2.75, 3.05) is 6.61 Å². The molecule has 2 rings (SSSR count). The fourth-order valence-electron chi connectivity index (χ4n) is 3.32. The molecular weight excluding hydrogens is 516 g/mol. The molecule has 1 aliphatic heterocycles. The summed E-state index contributed by atoms with van der Waals surface area (Å²) in [5.74, 6) is 2.14. The first-order chi connectivity index (χ1) is 17.7. The zero-order valence-electron chi connectivity index (χ0n) is 23.7. The van der Waals surface area contributed by atoms with Gasteiger partial charge < -0.3 is 28.4 Å². The second-order valence-corrected chi connectivity index (χ2v) is 11.8. The number of ether oxygens (including phenoxy) is 6. The van der Waals surface area contributed by atoms with Gasteiger partial charge in [0.05, 0.1) is 0 Å². The Morgan fingerprint density at radius 3 is 2.00 bits per heavy atom. The highest BCUT2D eigenvalue weighted by Crippen LogP contribution is 2.31. The SMILES string of the molecule is C#Cc1cn([C@H]2C[C@H](OC(=O)OC(C)(C)C)[C@@H](COC(=O)OC(C)(C)C)O2)c(=O)n(C(=O)OC(C)(C)C)c1=O. The van der Waals surface area contributed by atoms with E-state index in [9.17, 15) is 24.0 Å². The van der Waals surface area contributed by atoms with Crippen LogP contribution in [0, 0.1) is 12.3 Å². The lowest BCUT2D eigenvalue weighted by Gasteiger charge is -2.23. The molecule has 0 radical (unpaired) electrons. The van der Waals surface area contributed by atoms with E-state index >= 15 is 0 Å². The number of hydrogen-bond acceptors (Lipinski definition) is 11. The van der Waals surface area contributed by atoms with E-state index in [4.69, 9.17) is 34.8 Å². The minimum atomic E-state index is -1.23. The number of aromatic nitrogens is 2. The van der Waals surface area contributed by atoms with E-state index in [1.807, 2.05) is 0 Å². The number of rotatable bonds is 4. The van der Waals surface area contributed by atoms with E-state index in [2.05, 4.69) is 5.92 Å². The minimum Gasteiger partial charge on any atom is -0.443 e. The lowest BCUT2D eigenvalue weighted by Crippen LogP contribution is -2.47. The smallest absolute Gasteiger partial charge is 0.443 e. The van der Waals surface area contributed by atoms with Crippen LogP contribution in [-0.2, 0) is 28.4 Å². The molecular formula is C26H36N2O11. The Kier molecular flexibility index (Phi) is 9.29. The Bertz CT molecular complexity index is 1250. The molecule has 0 saturated carbocycles. The Morgan fingerprint density at radius 1 is 0.949 bits per heavy atom. The van der Waals surface area contributed by atoms with Crippen molar-refractivity contribution in [1.29, 1.82) is 0 Å². The third kappa shape index (κ3) is 9.17. The summed E-state index contributed by atoms with van der Waals surface area (Å²) in [5, 5.41) is 0. The van der Waals surface area contributed by atoms with Crippen molar-refractivity contribution in [2.24, 2.45) is 0 Å². The molecule has 13 heteroatoms. The van der Waals surface area contributed by atoms with Crippen LogP contribution in [0.1, 0.15) is 80.5 Å². The molecule has 0 unspecified atom stereocenters. The van der Waals surface area contributed by atoms with Gasteiger partial charge in [0.15, 0.2) is 0 Å². The molecule has 0 bridgehead atoms. The van der Waals surface area contributed by atoms with E-state index in [0.717, 1.165) is 10.8 Å². The van der Waals surface area contributed by atoms with Crippen LogP contribution in [0.3, 0.4) is 0 Å². The van der Waals surface area contributed by atoms with Gasteiger partial charge in [-0.25, -0.2) is 19.2 Å². The van der Waals surface area contributed by atoms with Crippen molar-refractivity contribution in [3.05, 3.63) is 32.6 Å². The Hall–Kier alpha value is -3.79. The Labute approximate surface area is 226 Å². The van der Waals surface area contributed by atoms with Crippen molar-refractivity contribution < 1.29 is 42.8 Å². The largest absolute Gasteiger partial charge is 0.509 e. The molecule has 0 N–H and O–H groups in total. The Balaban J connectivity index is 2.43. The standard InChI is InChI=1S/C26H36N2O11/c1-11-15-13-27(20(30)28(19(15)29)21(31)37-24(2,3)4)18-12-16(36-23(33)39-26(8,9)10)17(35-18)14-34-22(32)38-25(5,6)7/h1,13,16-18H,12,14H2,2-10H3/t16-,17+,18+/m0/s1. The van der Waals surface area contributed by atoms with Crippen molar-refractivity contribution >= 4 is 18.4 Å². The van der Waals surface area contributed by atoms with E-state index in [0.29, 0.717) is 0 Å². The monoisotopic (exact) mass is 552 g/mol. The van der Waals surface area contributed by atoms with Gasteiger partial charge in [-0.05, 0) is 62.3 Å². The maximum absolute atomic E-state index is 13.3. The van der Waals surface area contributed by atoms with Crippen LogP contribution in [0.2, 0.25) is 0 Å². The highest BCUT2D eigenvalue weighted by Gasteiger charge is 2.42. The predicted octanol–water partition coefficient (Wildman–Crippen LogP) is 3.33. The molecule has 1 fully saturated rings. The van der Waals surface area contributed by atoms with Crippen LogP contribution < -0.4 is 11.2 Å². The van der Waals surface area contributed by atoms with Gasteiger partial charge in [0.1, 0.15) is 47.4 Å². The molecule has 2 heterocycles. The molecule has 1 aliphatic rings. The van der Waals surface area contributed by atoms with Crippen LogP contribution in [0.4, 0.5) is 14.4 Å². The summed E-state index contributed by atoms with van der Waals surface area (Å²) in [6, 6.07) is 0. The summed E-state index contributed by atoms with van der Waals surface area (Å²) < 4.78 is 33.1. The summed E-state index contributed by atoms with van der Waals surface area (Å²) in [6.07, 6.45) is -0.192.